The van der Waals surface area contributed by atoms with Crippen LogP contribution in [-0.4, -0.2) is 15.9 Å². The molecule has 0 bridgehead atoms. The van der Waals surface area contributed by atoms with Crippen molar-refractivity contribution in [2.24, 2.45) is 0 Å². The van der Waals surface area contributed by atoms with E-state index in [1.807, 2.05) is 0 Å². The fourth-order valence-corrected chi connectivity index (χ4v) is 0.902. The largest absolute Gasteiger partial charge is 0.346 e. The molecule has 0 fully saturated rings. The normalized spacial score (nSPS) is 9.50. The Hall–Kier alpha value is -1.22. The van der Waals surface area contributed by atoms with Crippen molar-refractivity contribution in [2.75, 3.05) is 5.32 Å². The summed E-state index contributed by atoms with van der Waals surface area (Å²) < 4.78 is 0. The summed E-state index contributed by atoms with van der Waals surface area (Å²) in [5, 5.41) is 3.10. The summed E-state index contributed by atoms with van der Waals surface area (Å²) in [4.78, 5) is 27.2. The van der Waals surface area contributed by atoms with Crippen molar-refractivity contribution >= 4 is 26.3 Å². The predicted octanol–water partition coefficient (Wildman–Crippen LogP) is -0.771. The third-order valence-electron chi connectivity index (χ3n) is 1.14. The van der Waals surface area contributed by atoms with E-state index < -0.39 is 5.69 Å². The Kier molecular flexibility index (Phi) is 2.55. The molecule has 5 nitrogen and oxygen atoms in total. The summed E-state index contributed by atoms with van der Waals surface area (Å²) in [6.45, 7) is 1.36. The first-order valence-corrected chi connectivity index (χ1v) is 3.79. The number of amides is 1. The van der Waals surface area contributed by atoms with Crippen LogP contribution in [-0.2, 0) is 4.79 Å². The SMILES string of the molecule is CC(=O)Nc1[nH]c(=O)ncc1P. The lowest BCUT2D eigenvalue weighted by Crippen LogP contribution is -2.21. The number of H-pyrrole nitrogens is 1. The zero-order valence-corrected chi connectivity index (χ0v) is 7.57. The van der Waals surface area contributed by atoms with Crippen molar-refractivity contribution < 1.29 is 4.79 Å². The minimum absolute atomic E-state index is 0.236. The number of rotatable bonds is 1. The fourth-order valence-electron chi connectivity index (χ4n) is 0.684. The van der Waals surface area contributed by atoms with E-state index in [-0.39, 0.29) is 5.91 Å². The smallest absolute Gasteiger partial charge is 0.312 e. The zero-order valence-electron chi connectivity index (χ0n) is 6.42. The van der Waals surface area contributed by atoms with Crippen LogP contribution in [0, 0.1) is 0 Å². The van der Waals surface area contributed by atoms with Gasteiger partial charge in [-0.2, -0.15) is 0 Å². The maximum Gasteiger partial charge on any atom is 0.346 e. The van der Waals surface area contributed by atoms with Gasteiger partial charge in [0.1, 0.15) is 5.82 Å². The monoisotopic (exact) mass is 185 g/mol. The van der Waals surface area contributed by atoms with Gasteiger partial charge in [0.15, 0.2) is 0 Å². The van der Waals surface area contributed by atoms with Crippen LogP contribution >= 0.6 is 9.24 Å². The summed E-state index contributed by atoms with van der Waals surface area (Å²) >= 11 is 0. The maximum absolute atomic E-state index is 10.7. The van der Waals surface area contributed by atoms with Gasteiger partial charge in [-0.25, -0.2) is 9.78 Å². The molecule has 1 atom stereocenters. The van der Waals surface area contributed by atoms with Crippen molar-refractivity contribution in [1.82, 2.24) is 9.97 Å². The second kappa shape index (κ2) is 3.45. The van der Waals surface area contributed by atoms with Crippen LogP contribution in [0.2, 0.25) is 0 Å². The Labute approximate surface area is 70.8 Å². The van der Waals surface area contributed by atoms with Gasteiger partial charge in [0, 0.05) is 18.4 Å². The zero-order chi connectivity index (χ0) is 9.14. The summed E-state index contributed by atoms with van der Waals surface area (Å²) in [5.41, 5.74) is -0.482. The van der Waals surface area contributed by atoms with Gasteiger partial charge in [0.2, 0.25) is 5.91 Å². The first-order chi connectivity index (χ1) is 5.59. The van der Waals surface area contributed by atoms with E-state index >= 15 is 0 Å². The number of carbonyl (C=O) groups is 1. The number of hydrogen-bond acceptors (Lipinski definition) is 3. The van der Waals surface area contributed by atoms with E-state index in [1.165, 1.54) is 13.1 Å². The Morgan fingerprint density at radius 3 is 3.00 bits per heavy atom. The van der Waals surface area contributed by atoms with Gasteiger partial charge < -0.3 is 5.32 Å². The van der Waals surface area contributed by atoms with Crippen LogP contribution in [0.25, 0.3) is 0 Å². The van der Waals surface area contributed by atoms with Gasteiger partial charge in [-0.15, -0.1) is 0 Å². The molecule has 6 heteroatoms. The van der Waals surface area contributed by atoms with Gasteiger partial charge >= 0.3 is 5.69 Å². The van der Waals surface area contributed by atoms with Crippen molar-refractivity contribution in [3.8, 4) is 0 Å². The predicted molar refractivity (Wildman–Crippen MR) is 48.5 cm³/mol. The van der Waals surface area contributed by atoms with E-state index in [2.05, 4.69) is 24.5 Å². The summed E-state index contributed by atoms with van der Waals surface area (Å²) in [5.74, 6) is 0.132. The number of hydrogen-bond donors (Lipinski definition) is 2. The minimum atomic E-state index is -0.482. The number of nitrogens with one attached hydrogen (secondary N) is 2. The van der Waals surface area contributed by atoms with Crippen molar-refractivity contribution in [2.45, 2.75) is 6.92 Å². The molecular weight excluding hydrogens is 177 g/mol. The number of anilines is 1. The van der Waals surface area contributed by atoms with Crippen molar-refractivity contribution in [3.63, 3.8) is 0 Å². The molecule has 1 amide bonds. The van der Waals surface area contributed by atoms with E-state index in [4.69, 9.17) is 0 Å². The molecule has 0 aliphatic carbocycles. The molecule has 0 radical (unpaired) electrons. The molecule has 0 saturated heterocycles. The molecule has 12 heavy (non-hydrogen) atoms. The molecule has 1 rings (SSSR count). The van der Waals surface area contributed by atoms with E-state index in [9.17, 15) is 9.59 Å². The number of nitrogens with zero attached hydrogens (tertiary/aromatic N) is 1. The Morgan fingerprint density at radius 1 is 1.75 bits per heavy atom. The van der Waals surface area contributed by atoms with Gasteiger partial charge in [0.25, 0.3) is 0 Å². The molecule has 0 aromatic carbocycles. The fraction of sp³-hybridized carbons (Fsp3) is 0.167. The van der Waals surface area contributed by atoms with Gasteiger partial charge in [0.05, 0.1) is 0 Å². The molecule has 64 valence electrons. The van der Waals surface area contributed by atoms with E-state index in [1.54, 1.807) is 0 Å². The lowest BCUT2D eigenvalue weighted by Gasteiger charge is -2.02. The Balaban J connectivity index is 3.05. The standard InChI is InChI=1S/C6H8N3O2P/c1-3(10)8-5-4(12)2-7-6(11)9-5/h2H,12H2,1H3,(H2,7,8,9,10,11). The third-order valence-corrected chi connectivity index (χ3v) is 1.58. The molecule has 0 spiro atoms. The van der Waals surface area contributed by atoms with Gasteiger partial charge in [-0.05, 0) is 0 Å². The van der Waals surface area contributed by atoms with Crippen LogP contribution in [0.1, 0.15) is 6.92 Å². The van der Waals surface area contributed by atoms with Crippen LogP contribution < -0.4 is 16.3 Å². The summed E-state index contributed by atoms with van der Waals surface area (Å²) in [6, 6.07) is 0. The topological polar surface area (TPSA) is 74.8 Å². The molecule has 2 N–H and O–H groups in total. The van der Waals surface area contributed by atoms with E-state index in [0.717, 1.165) is 0 Å². The Bertz CT molecular complexity index is 360. The van der Waals surface area contributed by atoms with Crippen molar-refractivity contribution in [1.29, 1.82) is 0 Å². The van der Waals surface area contributed by atoms with Crippen LogP contribution in [0.3, 0.4) is 0 Å². The Morgan fingerprint density at radius 2 is 2.42 bits per heavy atom. The van der Waals surface area contributed by atoms with Crippen molar-refractivity contribution in [3.05, 3.63) is 16.7 Å². The molecule has 0 aliphatic heterocycles. The third kappa shape index (κ3) is 2.13. The summed E-state index contributed by atoms with van der Waals surface area (Å²) in [6.07, 6.45) is 1.37. The molecule has 1 heterocycles. The highest BCUT2D eigenvalue weighted by atomic mass is 31.0. The average molecular weight is 185 g/mol. The molecule has 1 unspecified atom stereocenters. The second-order valence-corrected chi connectivity index (χ2v) is 2.82. The molecular formula is C6H8N3O2P. The van der Waals surface area contributed by atoms with Crippen LogP contribution in [0.15, 0.2) is 11.0 Å². The maximum atomic E-state index is 10.7. The van der Waals surface area contributed by atoms with Gasteiger partial charge in [-0.1, -0.05) is 9.24 Å². The molecule has 0 saturated carbocycles. The van der Waals surface area contributed by atoms with Gasteiger partial charge in [-0.3, -0.25) is 9.78 Å². The summed E-state index contributed by atoms with van der Waals surface area (Å²) in [7, 11) is 2.35. The number of aromatic nitrogens is 2. The first-order valence-electron chi connectivity index (χ1n) is 3.22. The molecule has 0 aliphatic rings. The highest BCUT2D eigenvalue weighted by molar-refractivity contribution is 7.28. The second-order valence-electron chi connectivity index (χ2n) is 2.20. The molecule has 1 aromatic heterocycles. The number of aromatic amines is 1. The van der Waals surface area contributed by atoms with Crippen LogP contribution in [0.5, 0.6) is 0 Å². The lowest BCUT2D eigenvalue weighted by atomic mass is 10.5. The highest BCUT2D eigenvalue weighted by Crippen LogP contribution is 1.97. The minimum Gasteiger partial charge on any atom is -0.312 e. The molecule has 1 aromatic rings. The highest BCUT2D eigenvalue weighted by Gasteiger charge is 2.00. The number of carbonyl (C=O) groups excluding carboxylic acids is 1. The van der Waals surface area contributed by atoms with E-state index in [0.29, 0.717) is 11.1 Å². The lowest BCUT2D eigenvalue weighted by molar-refractivity contribution is -0.114. The van der Waals surface area contributed by atoms with Crippen LogP contribution in [0.4, 0.5) is 5.82 Å². The quantitative estimate of drug-likeness (QED) is 0.564. The average Bonchev–Trinajstić information content (AvgIpc) is 1.96. The first kappa shape index (κ1) is 8.87.